The van der Waals surface area contributed by atoms with Crippen LogP contribution in [0, 0.1) is 13.8 Å². The third-order valence-electron chi connectivity index (χ3n) is 3.56. The highest BCUT2D eigenvalue weighted by Crippen LogP contribution is 2.22. The van der Waals surface area contributed by atoms with Gasteiger partial charge in [0.05, 0.1) is 12.8 Å². The van der Waals surface area contributed by atoms with Gasteiger partial charge in [0.15, 0.2) is 5.11 Å². The summed E-state index contributed by atoms with van der Waals surface area (Å²) in [6, 6.07) is 11.1. The maximum atomic E-state index is 10.0. The summed E-state index contributed by atoms with van der Waals surface area (Å²) in [7, 11) is 0. The van der Waals surface area contributed by atoms with Crippen LogP contribution in [0.2, 0.25) is 0 Å². The zero-order valence-corrected chi connectivity index (χ0v) is 15.5. The summed E-state index contributed by atoms with van der Waals surface area (Å²) in [5.41, 5.74) is 6.51. The van der Waals surface area contributed by atoms with Crippen molar-refractivity contribution in [1.82, 2.24) is 5.43 Å². The van der Waals surface area contributed by atoms with Crippen molar-refractivity contribution in [3.63, 3.8) is 0 Å². The summed E-state index contributed by atoms with van der Waals surface area (Å²) in [4.78, 5) is 0. The largest absolute Gasteiger partial charge is 0.507 e. The molecule has 0 amide bonds. The first-order valence-corrected chi connectivity index (χ1v) is 8.54. The van der Waals surface area contributed by atoms with Crippen LogP contribution in [0.15, 0.2) is 41.5 Å². The second-order valence-electron chi connectivity index (χ2n) is 5.66. The Morgan fingerprint density at radius 1 is 1.24 bits per heavy atom. The standard InChI is InChI=1S/C19H23N3O2S/c1-4-10-24-16-9-8-15(17(23)11-16)12-20-22-19(25)21-18-13(2)6-5-7-14(18)3/h5-9,11-12,23H,4,10H2,1-3H3,(H2,21,22,25)/b20-12+. The number of para-hydroxylation sites is 1. The van der Waals surface area contributed by atoms with Crippen molar-refractivity contribution in [2.45, 2.75) is 27.2 Å². The maximum absolute atomic E-state index is 10.0. The summed E-state index contributed by atoms with van der Waals surface area (Å²) in [5, 5.41) is 17.6. The molecule has 5 nitrogen and oxygen atoms in total. The molecule has 0 atom stereocenters. The number of hydrazone groups is 1. The summed E-state index contributed by atoms with van der Waals surface area (Å²) >= 11 is 5.25. The van der Waals surface area contributed by atoms with Gasteiger partial charge in [0.1, 0.15) is 11.5 Å². The second kappa shape index (κ2) is 9.03. The van der Waals surface area contributed by atoms with E-state index in [2.05, 4.69) is 15.8 Å². The van der Waals surface area contributed by atoms with Crippen molar-refractivity contribution in [1.29, 1.82) is 0 Å². The molecule has 132 valence electrons. The van der Waals surface area contributed by atoms with Gasteiger partial charge in [-0.15, -0.1) is 0 Å². The van der Waals surface area contributed by atoms with E-state index < -0.39 is 0 Å². The minimum atomic E-state index is 0.104. The minimum Gasteiger partial charge on any atom is -0.507 e. The van der Waals surface area contributed by atoms with Crippen LogP contribution in [0.1, 0.15) is 30.0 Å². The molecule has 2 aromatic carbocycles. The van der Waals surface area contributed by atoms with Crippen LogP contribution < -0.4 is 15.5 Å². The summed E-state index contributed by atoms with van der Waals surface area (Å²) in [5.74, 6) is 0.740. The highest BCUT2D eigenvalue weighted by Gasteiger charge is 2.04. The van der Waals surface area contributed by atoms with Crippen molar-refractivity contribution in [2.24, 2.45) is 5.10 Å². The second-order valence-corrected chi connectivity index (χ2v) is 6.07. The van der Waals surface area contributed by atoms with E-state index in [0.29, 0.717) is 23.0 Å². The molecule has 2 aromatic rings. The lowest BCUT2D eigenvalue weighted by Crippen LogP contribution is -2.24. The molecule has 0 heterocycles. The molecule has 0 aliphatic rings. The SMILES string of the molecule is CCCOc1ccc(/C=N/NC(=S)Nc2c(C)cccc2C)c(O)c1. The van der Waals surface area contributed by atoms with E-state index in [-0.39, 0.29) is 5.75 Å². The molecular formula is C19H23N3O2S. The van der Waals surface area contributed by atoms with E-state index >= 15 is 0 Å². The number of anilines is 1. The molecule has 0 fully saturated rings. The molecule has 0 aromatic heterocycles. The number of benzene rings is 2. The number of nitrogens with one attached hydrogen (secondary N) is 2. The van der Waals surface area contributed by atoms with Gasteiger partial charge >= 0.3 is 0 Å². The minimum absolute atomic E-state index is 0.104. The molecule has 0 spiro atoms. The molecule has 0 aliphatic heterocycles. The number of ether oxygens (including phenoxy) is 1. The van der Waals surface area contributed by atoms with Crippen molar-refractivity contribution < 1.29 is 9.84 Å². The lowest BCUT2D eigenvalue weighted by Gasteiger charge is -2.12. The smallest absolute Gasteiger partial charge is 0.191 e. The van der Waals surface area contributed by atoms with Gasteiger partial charge in [-0.3, -0.25) is 5.43 Å². The van der Waals surface area contributed by atoms with E-state index in [4.69, 9.17) is 17.0 Å². The molecule has 25 heavy (non-hydrogen) atoms. The van der Waals surface area contributed by atoms with E-state index in [1.165, 1.54) is 6.21 Å². The average molecular weight is 357 g/mol. The van der Waals surface area contributed by atoms with Crippen molar-refractivity contribution in [2.75, 3.05) is 11.9 Å². The Labute approximate surface area is 153 Å². The van der Waals surface area contributed by atoms with Crippen LogP contribution in [0.5, 0.6) is 11.5 Å². The number of phenols is 1. The van der Waals surface area contributed by atoms with Gasteiger partial charge in [0.25, 0.3) is 0 Å². The average Bonchev–Trinajstić information content (AvgIpc) is 2.58. The van der Waals surface area contributed by atoms with Crippen LogP contribution in [-0.2, 0) is 0 Å². The molecule has 0 bridgehead atoms. The Balaban J connectivity index is 1.95. The van der Waals surface area contributed by atoms with E-state index in [0.717, 1.165) is 23.2 Å². The summed E-state index contributed by atoms with van der Waals surface area (Å²) < 4.78 is 5.47. The van der Waals surface area contributed by atoms with Crippen molar-refractivity contribution in [3.05, 3.63) is 53.1 Å². The van der Waals surface area contributed by atoms with Gasteiger partial charge in [-0.1, -0.05) is 25.1 Å². The third-order valence-corrected chi connectivity index (χ3v) is 3.76. The predicted molar refractivity (Wildman–Crippen MR) is 107 cm³/mol. The first kappa shape index (κ1) is 18.7. The van der Waals surface area contributed by atoms with Crippen LogP contribution in [-0.4, -0.2) is 23.0 Å². The molecule has 2 rings (SSSR count). The van der Waals surface area contributed by atoms with Gasteiger partial charge in [0, 0.05) is 17.3 Å². The number of rotatable bonds is 6. The first-order valence-electron chi connectivity index (χ1n) is 8.13. The lowest BCUT2D eigenvalue weighted by molar-refractivity contribution is 0.315. The Morgan fingerprint density at radius 2 is 1.96 bits per heavy atom. The summed E-state index contributed by atoms with van der Waals surface area (Å²) in [6.45, 7) is 6.68. The topological polar surface area (TPSA) is 65.9 Å². The Hall–Kier alpha value is -2.60. The molecule has 3 N–H and O–H groups in total. The van der Waals surface area contributed by atoms with E-state index in [1.54, 1.807) is 18.2 Å². The third kappa shape index (κ3) is 5.46. The molecule has 0 saturated heterocycles. The fraction of sp³-hybridized carbons (Fsp3) is 0.263. The van der Waals surface area contributed by atoms with Crippen LogP contribution in [0.3, 0.4) is 0 Å². The fourth-order valence-corrected chi connectivity index (χ4v) is 2.41. The van der Waals surface area contributed by atoms with Crippen molar-refractivity contribution in [3.8, 4) is 11.5 Å². The number of thiocarbonyl (C=S) groups is 1. The Kier molecular flexibility index (Phi) is 6.77. The predicted octanol–water partition coefficient (Wildman–Crippen LogP) is 4.12. The highest BCUT2D eigenvalue weighted by molar-refractivity contribution is 7.80. The van der Waals surface area contributed by atoms with Gasteiger partial charge < -0.3 is 15.2 Å². The monoisotopic (exact) mass is 357 g/mol. The van der Waals surface area contributed by atoms with Crippen LogP contribution in [0.25, 0.3) is 0 Å². The molecule has 0 saturated carbocycles. The molecular weight excluding hydrogens is 334 g/mol. The number of hydrogen-bond donors (Lipinski definition) is 3. The van der Waals surface area contributed by atoms with Gasteiger partial charge in [-0.2, -0.15) is 5.10 Å². The van der Waals surface area contributed by atoms with Crippen molar-refractivity contribution >= 4 is 29.2 Å². The molecule has 6 heteroatoms. The van der Waals surface area contributed by atoms with Gasteiger partial charge in [0.2, 0.25) is 0 Å². The van der Waals surface area contributed by atoms with E-state index in [9.17, 15) is 5.11 Å². The molecule has 0 aliphatic carbocycles. The molecule has 0 radical (unpaired) electrons. The number of hydrogen-bond acceptors (Lipinski definition) is 4. The normalized spacial score (nSPS) is 10.7. The Morgan fingerprint density at radius 3 is 2.60 bits per heavy atom. The quantitative estimate of drug-likeness (QED) is 0.412. The number of aromatic hydroxyl groups is 1. The zero-order chi connectivity index (χ0) is 18.2. The zero-order valence-electron chi connectivity index (χ0n) is 14.7. The summed E-state index contributed by atoms with van der Waals surface area (Å²) in [6.07, 6.45) is 2.43. The number of aryl methyl sites for hydroxylation is 2. The molecule has 0 unspecified atom stereocenters. The van der Waals surface area contributed by atoms with Gasteiger partial charge in [-0.05, 0) is 55.7 Å². The maximum Gasteiger partial charge on any atom is 0.191 e. The number of nitrogens with zero attached hydrogens (tertiary/aromatic N) is 1. The Bertz CT molecular complexity index is 755. The van der Waals surface area contributed by atoms with Crippen LogP contribution in [0.4, 0.5) is 5.69 Å². The lowest BCUT2D eigenvalue weighted by atomic mass is 10.1. The number of phenolic OH excluding ortho intramolecular Hbond substituents is 1. The van der Waals surface area contributed by atoms with Crippen LogP contribution >= 0.6 is 12.2 Å². The van der Waals surface area contributed by atoms with E-state index in [1.807, 2.05) is 39.0 Å². The fourth-order valence-electron chi connectivity index (χ4n) is 2.26. The first-order chi connectivity index (χ1) is 12.0. The van der Waals surface area contributed by atoms with Gasteiger partial charge in [-0.25, -0.2) is 0 Å². The highest BCUT2D eigenvalue weighted by atomic mass is 32.1.